The molecule has 1 atom stereocenters. The number of carbonyl (C=O) groups excluding carboxylic acids is 1. The molecule has 1 saturated heterocycles. The Labute approximate surface area is 125 Å². The molecule has 1 aromatic rings. The molecule has 5 heteroatoms. The zero-order chi connectivity index (χ0) is 15.2. The van der Waals surface area contributed by atoms with Crippen molar-refractivity contribution in [1.82, 2.24) is 4.90 Å². The number of hydrogen-bond donors (Lipinski definition) is 2. The second-order valence-electron chi connectivity index (χ2n) is 5.51. The van der Waals surface area contributed by atoms with Crippen LogP contribution in [0.3, 0.4) is 0 Å². The van der Waals surface area contributed by atoms with Crippen LogP contribution in [0.1, 0.15) is 25.3 Å². The minimum absolute atomic E-state index is 0.0923. The van der Waals surface area contributed by atoms with E-state index in [2.05, 4.69) is 12.2 Å². The van der Waals surface area contributed by atoms with Gasteiger partial charge in [-0.2, -0.15) is 0 Å². The van der Waals surface area contributed by atoms with Crippen molar-refractivity contribution < 1.29 is 14.7 Å². The first kappa shape index (κ1) is 15.5. The smallest absolute Gasteiger partial charge is 0.307 e. The third kappa shape index (κ3) is 4.56. The van der Waals surface area contributed by atoms with Crippen LogP contribution in [-0.2, 0) is 16.0 Å². The van der Waals surface area contributed by atoms with Crippen LogP contribution < -0.4 is 5.32 Å². The van der Waals surface area contributed by atoms with Gasteiger partial charge in [0.2, 0.25) is 5.91 Å². The molecule has 21 heavy (non-hydrogen) atoms. The van der Waals surface area contributed by atoms with Gasteiger partial charge in [-0.05, 0) is 43.5 Å². The molecular weight excluding hydrogens is 268 g/mol. The van der Waals surface area contributed by atoms with Crippen LogP contribution in [-0.4, -0.2) is 41.5 Å². The molecule has 1 fully saturated rings. The minimum Gasteiger partial charge on any atom is -0.481 e. The number of carboxylic acid groups (broad SMARTS) is 1. The van der Waals surface area contributed by atoms with Crippen molar-refractivity contribution in [3.63, 3.8) is 0 Å². The Bertz CT molecular complexity index is 499. The molecule has 1 aromatic carbocycles. The van der Waals surface area contributed by atoms with Crippen LogP contribution in [0.4, 0.5) is 5.69 Å². The second-order valence-corrected chi connectivity index (χ2v) is 5.51. The molecule has 0 bridgehead atoms. The number of anilines is 1. The van der Waals surface area contributed by atoms with Crippen molar-refractivity contribution in [3.05, 3.63) is 29.8 Å². The maximum atomic E-state index is 12.0. The molecule has 1 unspecified atom stereocenters. The summed E-state index contributed by atoms with van der Waals surface area (Å²) in [7, 11) is 0. The van der Waals surface area contributed by atoms with Crippen molar-refractivity contribution in [1.29, 1.82) is 0 Å². The van der Waals surface area contributed by atoms with Crippen molar-refractivity contribution in [2.45, 2.75) is 26.2 Å². The molecule has 0 saturated carbocycles. The van der Waals surface area contributed by atoms with Gasteiger partial charge in [-0.1, -0.05) is 19.1 Å². The van der Waals surface area contributed by atoms with Gasteiger partial charge in [-0.15, -0.1) is 0 Å². The monoisotopic (exact) mass is 290 g/mol. The topological polar surface area (TPSA) is 69.6 Å². The normalized spacial score (nSPS) is 19.2. The van der Waals surface area contributed by atoms with Crippen LogP contribution in [0.2, 0.25) is 0 Å². The average Bonchev–Trinajstić information content (AvgIpc) is 2.48. The Morgan fingerprint density at radius 3 is 2.67 bits per heavy atom. The van der Waals surface area contributed by atoms with E-state index in [1.165, 1.54) is 5.56 Å². The van der Waals surface area contributed by atoms with Gasteiger partial charge in [0.25, 0.3) is 0 Å². The van der Waals surface area contributed by atoms with E-state index in [1.54, 1.807) is 0 Å². The summed E-state index contributed by atoms with van der Waals surface area (Å²) in [5, 5.41) is 11.9. The number of aliphatic carboxylic acids is 1. The fourth-order valence-electron chi connectivity index (χ4n) is 2.63. The van der Waals surface area contributed by atoms with E-state index in [0.717, 1.165) is 25.1 Å². The van der Waals surface area contributed by atoms with Gasteiger partial charge < -0.3 is 10.4 Å². The molecule has 0 spiro atoms. The highest BCUT2D eigenvalue weighted by atomic mass is 16.4. The number of rotatable bonds is 5. The molecule has 1 aliphatic rings. The number of nitrogens with zero attached hydrogens (tertiary/aromatic N) is 1. The summed E-state index contributed by atoms with van der Waals surface area (Å²) in [5.41, 5.74) is 2.01. The predicted molar refractivity (Wildman–Crippen MR) is 81.2 cm³/mol. The zero-order valence-electron chi connectivity index (χ0n) is 12.3. The van der Waals surface area contributed by atoms with E-state index in [-0.39, 0.29) is 18.4 Å². The second kappa shape index (κ2) is 7.22. The summed E-state index contributed by atoms with van der Waals surface area (Å²) in [4.78, 5) is 24.9. The maximum Gasteiger partial charge on any atom is 0.307 e. The number of likely N-dealkylation sites (tertiary alicyclic amines) is 1. The average molecular weight is 290 g/mol. The van der Waals surface area contributed by atoms with Crippen LogP contribution in [0.25, 0.3) is 0 Å². The summed E-state index contributed by atoms with van der Waals surface area (Å²) in [6, 6.07) is 7.79. The number of aryl methyl sites for hydroxylation is 1. The Hall–Kier alpha value is -1.88. The number of hydrogen-bond acceptors (Lipinski definition) is 3. The van der Waals surface area contributed by atoms with Crippen molar-refractivity contribution in [2.24, 2.45) is 5.92 Å². The first-order chi connectivity index (χ1) is 10.1. The quantitative estimate of drug-likeness (QED) is 0.870. The SMILES string of the molecule is CCc1ccc(NC(=O)CN2CCCC(C(=O)O)C2)cc1. The molecule has 2 N–H and O–H groups in total. The third-order valence-corrected chi connectivity index (χ3v) is 3.87. The Morgan fingerprint density at radius 2 is 2.05 bits per heavy atom. The van der Waals surface area contributed by atoms with Gasteiger partial charge in [0.05, 0.1) is 12.5 Å². The minimum atomic E-state index is -0.768. The highest BCUT2D eigenvalue weighted by Crippen LogP contribution is 2.16. The molecule has 0 aliphatic carbocycles. The van der Waals surface area contributed by atoms with Gasteiger partial charge in [0.15, 0.2) is 0 Å². The van der Waals surface area contributed by atoms with Gasteiger partial charge in [-0.25, -0.2) is 0 Å². The number of carbonyl (C=O) groups is 2. The molecule has 1 amide bonds. The zero-order valence-corrected chi connectivity index (χ0v) is 12.3. The summed E-state index contributed by atoms with van der Waals surface area (Å²) < 4.78 is 0. The number of piperidine rings is 1. The molecule has 0 radical (unpaired) electrons. The van der Waals surface area contributed by atoms with Gasteiger partial charge in [0.1, 0.15) is 0 Å². The first-order valence-corrected chi connectivity index (χ1v) is 7.42. The molecule has 5 nitrogen and oxygen atoms in total. The van der Waals surface area contributed by atoms with Crippen LogP contribution in [0.5, 0.6) is 0 Å². The summed E-state index contributed by atoms with van der Waals surface area (Å²) >= 11 is 0. The van der Waals surface area contributed by atoms with E-state index < -0.39 is 5.97 Å². The van der Waals surface area contributed by atoms with Crippen LogP contribution in [0.15, 0.2) is 24.3 Å². The molecule has 2 rings (SSSR count). The molecule has 1 heterocycles. The Kier molecular flexibility index (Phi) is 5.33. The highest BCUT2D eigenvalue weighted by molar-refractivity contribution is 5.92. The largest absolute Gasteiger partial charge is 0.481 e. The molecule has 114 valence electrons. The highest BCUT2D eigenvalue weighted by Gasteiger charge is 2.26. The first-order valence-electron chi connectivity index (χ1n) is 7.42. The molecule has 1 aliphatic heterocycles. The number of benzene rings is 1. The lowest BCUT2D eigenvalue weighted by Crippen LogP contribution is -2.42. The fraction of sp³-hybridized carbons (Fsp3) is 0.500. The summed E-state index contributed by atoms with van der Waals surface area (Å²) in [6.45, 7) is 3.58. The maximum absolute atomic E-state index is 12.0. The number of carboxylic acids is 1. The Morgan fingerprint density at radius 1 is 1.33 bits per heavy atom. The number of amides is 1. The van der Waals surface area contributed by atoms with Gasteiger partial charge in [0, 0.05) is 12.2 Å². The van der Waals surface area contributed by atoms with Crippen molar-refractivity contribution in [3.8, 4) is 0 Å². The summed E-state index contributed by atoms with van der Waals surface area (Å²) in [6.07, 6.45) is 2.50. The fourth-order valence-corrected chi connectivity index (χ4v) is 2.63. The van der Waals surface area contributed by atoms with Crippen LogP contribution >= 0.6 is 0 Å². The van der Waals surface area contributed by atoms with E-state index in [1.807, 2.05) is 29.2 Å². The van der Waals surface area contributed by atoms with E-state index in [4.69, 9.17) is 5.11 Å². The van der Waals surface area contributed by atoms with Gasteiger partial charge >= 0.3 is 5.97 Å². The van der Waals surface area contributed by atoms with Crippen molar-refractivity contribution in [2.75, 3.05) is 25.0 Å². The van der Waals surface area contributed by atoms with Gasteiger partial charge in [-0.3, -0.25) is 14.5 Å². The van der Waals surface area contributed by atoms with E-state index in [0.29, 0.717) is 13.0 Å². The molecular formula is C16H22N2O3. The third-order valence-electron chi connectivity index (χ3n) is 3.87. The van der Waals surface area contributed by atoms with E-state index in [9.17, 15) is 9.59 Å². The number of nitrogens with one attached hydrogen (secondary N) is 1. The summed E-state index contributed by atoms with van der Waals surface area (Å²) in [5.74, 6) is -1.21. The molecule has 0 aromatic heterocycles. The van der Waals surface area contributed by atoms with Crippen molar-refractivity contribution >= 4 is 17.6 Å². The lowest BCUT2D eigenvalue weighted by molar-refractivity contribution is -0.144. The van der Waals surface area contributed by atoms with Crippen LogP contribution in [0, 0.1) is 5.92 Å². The van der Waals surface area contributed by atoms with E-state index >= 15 is 0 Å². The standard InChI is InChI=1S/C16H22N2O3/c1-2-12-5-7-14(8-6-12)17-15(19)11-18-9-3-4-13(10-18)16(20)21/h5-8,13H,2-4,9-11H2,1H3,(H,17,19)(H,20,21). The lowest BCUT2D eigenvalue weighted by atomic mass is 9.98. The Balaban J connectivity index is 1.84. The lowest BCUT2D eigenvalue weighted by Gasteiger charge is -2.29. The predicted octanol–water partition coefficient (Wildman–Crippen LogP) is 1.98.